The Bertz CT molecular complexity index is 411. The maximum absolute atomic E-state index is 14.0. The van der Waals surface area contributed by atoms with Gasteiger partial charge in [0.25, 0.3) is 0 Å². The van der Waals surface area contributed by atoms with E-state index in [9.17, 15) is 4.39 Å². The van der Waals surface area contributed by atoms with Crippen LogP contribution in [0.25, 0.3) is 0 Å². The first kappa shape index (κ1) is 13.6. The Hall–Kier alpha value is -0.800. The SMILES string of the molecule is CCCC1CN(c2ccc(Cl)cc2F)C(C)CN1. The second kappa shape index (κ2) is 5.89. The fourth-order valence-electron chi connectivity index (χ4n) is 2.52. The van der Waals surface area contributed by atoms with Crippen LogP contribution in [0.4, 0.5) is 10.1 Å². The van der Waals surface area contributed by atoms with Crippen molar-refractivity contribution < 1.29 is 4.39 Å². The van der Waals surface area contributed by atoms with Gasteiger partial charge in [0.2, 0.25) is 0 Å². The van der Waals surface area contributed by atoms with Crippen LogP contribution in [0.5, 0.6) is 0 Å². The first-order valence-corrected chi connectivity index (χ1v) is 6.94. The Morgan fingerprint density at radius 2 is 2.28 bits per heavy atom. The van der Waals surface area contributed by atoms with Crippen LogP contribution in [0.3, 0.4) is 0 Å². The van der Waals surface area contributed by atoms with E-state index in [0.29, 0.717) is 22.8 Å². The number of nitrogens with zero attached hydrogens (tertiary/aromatic N) is 1. The Balaban J connectivity index is 2.18. The van der Waals surface area contributed by atoms with Crippen molar-refractivity contribution in [3.8, 4) is 0 Å². The van der Waals surface area contributed by atoms with E-state index in [4.69, 9.17) is 11.6 Å². The maximum atomic E-state index is 14.0. The smallest absolute Gasteiger partial charge is 0.147 e. The summed E-state index contributed by atoms with van der Waals surface area (Å²) in [6, 6.07) is 5.67. The fraction of sp³-hybridized carbons (Fsp3) is 0.571. The van der Waals surface area contributed by atoms with Crippen molar-refractivity contribution in [1.29, 1.82) is 0 Å². The molecule has 0 saturated carbocycles. The minimum Gasteiger partial charge on any atom is -0.364 e. The molecule has 0 aromatic heterocycles. The Kier molecular flexibility index (Phi) is 4.46. The highest BCUT2D eigenvalue weighted by atomic mass is 35.5. The van der Waals surface area contributed by atoms with Gasteiger partial charge in [-0.15, -0.1) is 0 Å². The molecule has 1 aromatic carbocycles. The fourth-order valence-corrected chi connectivity index (χ4v) is 2.68. The van der Waals surface area contributed by atoms with Crippen LogP contribution >= 0.6 is 11.6 Å². The molecule has 1 aliphatic heterocycles. The summed E-state index contributed by atoms with van der Waals surface area (Å²) in [4.78, 5) is 2.14. The van der Waals surface area contributed by atoms with Gasteiger partial charge in [-0.05, 0) is 31.5 Å². The number of hydrogen-bond donors (Lipinski definition) is 1. The van der Waals surface area contributed by atoms with E-state index >= 15 is 0 Å². The molecule has 1 N–H and O–H groups in total. The molecule has 18 heavy (non-hydrogen) atoms. The van der Waals surface area contributed by atoms with Crippen molar-refractivity contribution in [2.24, 2.45) is 0 Å². The van der Waals surface area contributed by atoms with Crippen LogP contribution in [0.2, 0.25) is 5.02 Å². The summed E-state index contributed by atoms with van der Waals surface area (Å²) in [5.41, 5.74) is 0.662. The van der Waals surface area contributed by atoms with Crippen molar-refractivity contribution in [3.05, 3.63) is 29.0 Å². The first-order valence-electron chi connectivity index (χ1n) is 6.57. The highest BCUT2D eigenvalue weighted by Gasteiger charge is 2.26. The Morgan fingerprint density at radius 3 is 2.94 bits per heavy atom. The number of benzene rings is 1. The first-order chi connectivity index (χ1) is 8.61. The van der Waals surface area contributed by atoms with Gasteiger partial charge in [-0.2, -0.15) is 0 Å². The summed E-state index contributed by atoms with van der Waals surface area (Å²) < 4.78 is 14.0. The predicted molar refractivity (Wildman–Crippen MR) is 74.9 cm³/mol. The van der Waals surface area contributed by atoms with Crippen LogP contribution in [0.1, 0.15) is 26.7 Å². The Labute approximate surface area is 113 Å². The average molecular weight is 271 g/mol. The third-order valence-corrected chi connectivity index (χ3v) is 3.74. The van der Waals surface area contributed by atoms with Gasteiger partial charge in [0.1, 0.15) is 5.82 Å². The average Bonchev–Trinajstić information content (AvgIpc) is 2.33. The summed E-state index contributed by atoms with van der Waals surface area (Å²) in [6.45, 7) is 6.04. The lowest BCUT2D eigenvalue weighted by Gasteiger charge is -2.40. The van der Waals surface area contributed by atoms with Crippen molar-refractivity contribution in [3.63, 3.8) is 0 Å². The topological polar surface area (TPSA) is 15.3 Å². The normalized spacial score (nSPS) is 24.3. The minimum absolute atomic E-state index is 0.230. The standard InChI is InChI=1S/C14H20ClFN2/c1-3-4-12-9-18(10(2)8-17-12)14-6-5-11(15)7-13(14)16/h5-7,10,12,17H,3-4,8-9H2,1-2H3. The second-order valence-corrected chi connectivity index (χ2v) is 5.43. The van der Waals surface area contributed by atoms with Gasteiger partial charge in [0.05, 0.1) is 5.69 Å². The number of nitrogens with one attached hydrogen (secondary N) is 1. The molecule has 2 nitrogen and oxygen atoms in total. The number of hydrogen-bond acceptors (Lipinski definition) is 2. The highest BCUT2D eigenvalue weighted by Crippen LogP contribution is 2.26. The quantitative estimate of drug-likeness (QED) is 0.905. The van der Waals surface area contributed by atoms with Gasteiger partial charge < -0.3 is 10.2 Å². The van der Waals surface area contributed by atoms with Gasteiger partial charge >= 0.3 is 0 Å². The zero-order chi connectivity index (χ0) is 13.1. The summed E-state index contributed by atoms with van der Waals surface area (Å²) in [6.07, 6.45) is 2.27. The molecule has 1 fully saturated rings. The molecule has 0 amide bonds. The van der Waals surface area contributed by atoms with Crippen molar-refractivity contribution in [1.82, 2.24) is 5.32 Å². The van der Waals surface area contributed by atoms with Crippen LogP contribution in [-0.2, 0) is 0 Å². The van der Waals surface area contributed by atoms with Gasteiger partial charge in [0.15, 0.2) is 0 Å². The molecule has 0 bridgehead atoms. The molecule has 0 aliphatic carbocycles. The van der Waals surface area contributed by atoms with Crippen LogP contribution < -0.4 is 10.2 Å². The molecular formula is C14H20ClFN2. The third kappa shape index (κ3) is 2.96. The van der Waals surface area contributed by atoms with Gasteiger partial charge in [-0.1, -0.05) is 24.9 Å². The predicted octanol–water partition coefficient (Wildman–Crippen LogP) is 3.45. The van der Waals surface area contributed by atoms with Crippen molar-refractivity contribution in [2.45, 2.75) is 38.8 Å². The highest BCUT2D eigenvalue weighted by molar-refractivity contribution is 6.30. The van der Waals surface area contributed by atoms with Gasteiger partial charge in [-0.25, -0.2) is 4.39 Å². The third-order valence-electron chi connectivity index (χ3n) is 3.51. The lowest BCUT2D eigenvalue weighted by Crippen LogP contribution is -2.55. The van der Waals surface area contributed by atoms with Crippen molar-refractivity contribution in [2.75, 3.05) is 18.0 Å². The minimum atomic E-state index is -0.230. The summed E-state index contributed by atoms with van der Waals surface area (Å²) in [5.74, 6) is -0.230. The van der Waals surface area contributed by atoms with E-state index in [1.807, 2.05) is 0 Å². The summed E-state index contributed by atoms with van der Waals surface area (Å²) in [5, 5.41) is 3.96. The molecule has 1 aromatic rings. The van der Waals surface area contributed by atoms with Gasteiger partial charge in [-0.3, -0.25) is 0 Å². The van der Waals surface area contributed by atoms with Crippen LogP contribution in [0, 0.1) is 5.82 Å². The molecular weight excluding hydrogens is 251 g/mol. The molecule has 0 radical (unpaired) electrons. The van der Waals surface area contributed by atoms with Crippen molar-refractivity contribution >= 4 is 17.3 Å². The summed E-state index contributed by atoms with van der Waals surface area (Å²) in [7, 11) is 0. The largest absolute Gasteiger partial charge is 0.364 e. The van der Waals surface area contributed by atoms with Gasteiger partial charge in [0, 0.05) is 30.2 Å². The van der Waals surface area contributed by atoms with E-state index in [0.717, 1.165) is 25.9 Å². The molecule has 1 aliphatic rings. The molecule has 1 heterocycles. The van der Waals surface area contributed by atoms with Crippen LogP contribution in [-0.4, -0.2) is 25.2 Å². The molecule has 2 rings (SSSR count). The van der Waals surface area contributed by atoms with E-state index in [1.165, 1.54) is 6.07 Å². The van der Waals surface area contributed by atoms with E-state index in [1.54, 1.807) is 12.1 Å². The van der Waals surface area contributed by atoms with E-state index < -0.39 is 0 Å². The zero-order valence-electron chi connectivity index (χ0n) is 10.9. The molecule has 1 saturated heterocycles. The monoisotopic (exact) mass is 270 g/mol. The number of piperazine rings is 1. The second-order valence-electron chi connectivity index (χ2n) is 4.99. The Morgan fingerprint density at radius 1 is 1.50 bits per heavy atom. The van der Waals surface area contributed by atoms with Crippen LogP contribution in [0.15, 0.2) is 18.2 Å². The molecule has 2 unspecified atom stereocenters. The lowest BCUT2D eigenvalue weighted by atomic mass is 10.0. The number of rotatable bonds is 3. The molecule has 4 heteroatoms. The summed E-state index contributed by atoms with van der Waals surface area (Å²) >= 11 is 5.80. The number of anilines is 1. The van der Waals surface area contributed by atoms with E-state index in [2.05, 4.69) is 24.1 Å². The lowest BCUT2D eigenvalue weighted by molar-refractivity contribution is 0.383. The molecule has 2 atom stereocenters. The van der Waals surface area contributed by atoms with E-state index in [-0.39, 0.29) is 5.82 Å². The number of halogens is 2. The molecule has 100 valence electrons. The molecule has 0 spiro atoms. The zero-order valence-corrected chi connectivity index (χ0v) is 11.7. The maximum Gasteiger partial charge on any atom is 0.147 e.